The maximum absolute atomic E-state index is 6.22. The monoisotopic (exact) mass is 683 g/mol. The average molecular weight is 684 g/mol. The quantitative estimate of drug-likeness (QED) is 0.0995. The van der Waals surface area contributed by atoms with Crippen LogP contribution in [0, 0.1) is 0 Å². The predicted molar refractivity (Wildman–Crippen MR) is 180 cm³/mol. The number of benzene rings is 5. The summed E-state index contributed by atoms with van der Waals surface area (Å²) in [7, 11) is -1.75. The van der Waals surface area contributed by atoms with Crippen LogP contribution in [0.15, 0.2) is 127 Å². The largest absolute Gasteiger partial charge is 1.00 e. The highest BCUT2D eigenvalue weighted by Gasteiger charge is 2.44. The Balaban J connectivity index is 0.00000353. The molecular formula is C37H39IN3P. The Morgan fingerprint density at radius 2 is 1.05 bits per heavy atom. The molecule has 0 aliphatic carbocycles. The van der Waals surface area contributed by atoms with E-state index in [0.717, 1.165) is 30.9 Å². The van der Waals surface area contributed by atoms with E-state index >= 15 is 0 Å². The molecule has 3 nitrogen and oxygen atoms in total. The van der Waals surface area contributed by atoms with Crippen LogP contribution in [0.2, 0.25) is 0 Å². The van der Waals surface area contributed by atoms with Gasteiger partial charge in [0, 0.05) is 35.7 Å². The summed E-state index contributed by atoms with van der Waals surface area (Å²) in [6.07, 6.45) is 5.96. The topological polar surface area (TPSA) is 55.3 Å². The molecule has 0 fully saturated rings. The minimum atomic E-state index is -1.75. The van der Waals surface area contributed by atoms with E-state index < -0.39 is 7.26 Å². The van der Waals surface area contributed by atoms with Crippen LogP contribution >= 0.6 is 7.26 Å². The number of rotatable bonds is 10. The fourth-order valence-electron chi connectivity index (χ4n) is 6.42. The molecule has 0 aromatic heterocycles. The molecular weight excluding hydrogens is 644 g/mol. The SMILES string of the molecule is Nc1ccc2c(c1)CN(CCCCCC[P+](c1ccccc1)(c1ccccc1)c1ccccc1)c1cc(N)ccc1-2.[I-]. The van der Waals surface area contributed by atoms with E-state index in [4.69, 9.17) is 11.5 Å². The van der Waals surface area contributed by atoms with Crippen LogP contribution in [0.3, 0.4) is 0 Å². The smallest absolute Gasteiger partial charge is 0.112 e. The third-order valence-electron chi connectivity index (χ3n) is 8.41. The Morgan fingerprint density at radius 1 is 0.548 bits per heavy atom. The molecule has 1 heterocycles. The number of anilines is 3. The van der Waals surface area contributed by atoms with Gasteiger partial charge in [0.2, 0.25) is 0 Å². The molecule has 5 aromatic rings. The van der Waals surface area contributed by atoms with Crippen molar-refractivity contribution in [3.05, 3.63) is 133 Å². The molecule has 5 aromatic carbocycles. The summed E-state index contributed by atoms with van der Waals surface area (Å²) in [5.41, 5.74) is 19.1. The lowest BCUT2D eigenvalue weighted by atomic mass is 9.92. The van der Waals surface area contributed by atoms with Crippen molar-refractivity contribution in [1.29, 1.82) is 0 Å². The molecule has 0 radical (unpaired) electrons. The normalized spacial score (nSPS) is 12.2. The van der Waals surface area contributed by atoms with Crippen LogP contribution in [0.1, 0.15) is 31.2 Å². The molecule has 0 bridgehead atoms. The van der Waals surface area contributed by atoms with Crippen LogP contribution in [0.4, 0.5) is 17.1 Å². The lowest BCUT2D eigenvalue weighted by Gasteiger charge is -2.33. The van der Waals surface area contributed by atoms with Gasteiger partial charge in [0.15, 0.2) is 0 Å². The number of halogens is 1. The zero-order valence-electron chi connectivity index (χ0n) is 24.0. The standard InChI is InChI=1S/C37H39N3P.HI/c38-30-20-22-35-29(26-30)28-40(37-27-31(39)21-23-36(35)37)24-12-1-2-13-25-41(32-14-6-3-7-15-32,33-16-8-4-9-17-33)34-18-10-5-11-19-34;/h3-11,14-23,26-27H,1-2,12-13,24-25,28,38-39H2;1H/q+1;/p-1. The lowest BCUT2D eigenvalue weighted by molar-refractivity contribution is -0.00000803. The molecule has 1 aliphatic heterocycles. The summed E-state index contributed by atoms with van der Waals surface area (Å²) < 4.78 is 0. The van der Waals surface area contributed by atoms with Gasteiger partial charge >= 0.3 is 0 Å². The van der Waals surface area contributed by atoms with E-state index in [1.54, 1.807) is 0 Å². The highest BCUT2D eigenvalue weighted by Crippen LogP contribution is 2.56. The summed E-state index contributed by atoms with van der Waals surface area (Å²) in [4.78, 5) is 2.49. The first-order chi connectivity index (χ1) is 20.1. The first-order valence-electron chi connectivity index (χ1n) is 14.7. The molecule has 4 N–H and O–H groups in total. The van der Waals surface area contributed by atoms with E-state index in [1.165, 1.54) is 63.7 Å². The Labute approximate surface area is 268 Å². The minimum absolute atomic E-state index is 0. The molecule has 0 spiro atoms. The zero-order valence-corrected chi connectivity index (χ0v) is 27.1. The fraction of sp³-hybridized carbons (Fsp3) is 0.189. The van der Waals surface area contributed by atoms with Crippen molar-refractivity contribution in [1.82, 2.24) is 0 Å². The van der Waals surface area contributed by atoms with E-state index in [1.807, 2.05) is 12.1 Å². The molecule has 5 heteroatoms. The van der Waals surface area contributed by atoms with E-state index in [2.05, 4.69) is 120 Å². The maximum atomic E-state index is 6.22. The zero-order chi connectivity index (χ0) is 28.1. The number of nitrogen functional groups attached to an aromatic ring is 2. The van der Waals surface area contributed by atoms with E-state index in [-0.39, 0.29) is 24.0 Å². The van der Waals surface area contributed by atoms with Crippen LogP contribution in [-0.4, -0.2) is 12.7 Å². The Hall–Kier alpha value is -3.34. The fourth-order valence-corrected chi connectivity index (χ4v) is 10.8. The third-order valence-corrected chi connectivity index (χ3v) is 12.9. The molecule has 0 atom stereocenters. The molecule has 6 rings (SSSR count). The van der Waals surface area contributed by atoms with Crippen LogP contribution in [-0.2, 0) is 6.54 Å². The number of fused-ring (bicyclic) bond motifs is 3. The van der Waals surface area contributed by atoms with Crippen molar-refractivity contribution in [3.8, 4) is 11.1 Å². The van der Waals surface area contributed by atoms with Crippen molar-refractivity contribution >= 4 is 40.2 Å². The van der Waals surface area contributed by atoms with Crippen LogP contribution < -0.4 is 56.3 Å². The summed E-state index contributed by atoms with van der Waals surface area (Å²) in [5.74, 6) is 0. The summed E-state index contributed by atoms with van der Waals surface area (Å²) in [6, 6.07) is 46.2. The molecule has 1 aliphatic rings. The molecule has 42 heavy (non-hydrogen) atoms. The van der Waals surface area contributed by atoms with E-state index in [0.29, 0.717) is 0 Å². The van der Waals surface area contributed by atoms with Gasteiger partial charge in [0.05, 0.1) is 6.16 Å². The van der Waals surface area contributed by atoms with Crippen molar-refractivity contribution in [2.75, 3.05) is 29.1 Å². The van der Waals surface area contributed by atoms with Gasteiger partial charge in [-0.25, -0.2) is 0 Å². The predicted octanol–water partition coefficient (Wildman–Crippen LogP) is 4.40. The molecule has 0 unspecified atom stereocenters. The summed E-state index contributed by atoms with van der Waals surface area (Å²) in [5, 5.41) is 4.41. The van der Waals surface area contributed by atoms with Gasteiger partial charge in [0.1, 0.15) is 23.2 Å². The Bertz CT molecular complexity index is 1500. The van der Waals surface area contributed by atoms with Crippen LogP contribution in [0.25, 0.3) is 11.1 Å². The van der Waals surface area contributed by atoms with Crippen molar-refractivity contribution < 1.29 is 24.0 Å². The molecule has 0 saturated heterocycles. The minimum Gasteiger partial charge on any atom is -1.00 e. The number of nitrogens with two attached hydrogens (primary N) is 2. The first-order valence-corrected chi connectivity index (χ1v) is 16.7. The Kier molecular flexibility index (Phi) is 9.87. The first kappa shape index (κ1) is 30.1. The molecule has 0 amide bonds. The second-order valence-corrected chi connectivity index (χ2v) is 14.7. The average Bonchev–Trinajstić information content (AvgIpc) is 3.02. The maximum Gasteiger partial charge on any atom is 0.112 e. The highest BCUT2D eigenvalue weighted by molar-refractivity contribution is 7.95. The highest BCUT2D eigenvalue weighted by atomic mass is 127. The van der Waals surface area contributed by atoms with Gasteiger partial charge in [-0.1, -0.05) is 73.2 Å². The number of unbranched alkanes of at least 4 members (excludes halogenated alkanes) is 3. The van der Waals surface area contributed by atoms with Gasteiger partial charge in [-0.05, 0) is 91.1 Å². The second kappa shape index (κ2) is 13.8. The summed E-state index contributed by atoms with van der Waals surface area (Å²) >= 11 is 0. The van der Waals surface area contributed by atoms with Gasteiger partial charge < -0.3 is 40.3 Å². The van der Waals surface area contributed by atoms with Gasteiger partial charge in [0.25, 0.3) is 0 Å². The Morgan fingerprint density at radius 3 is 1.62 bits per heavy atom. The summed E-state index contributed by atoms with van der Waals surface area (Å²) in [6.45, 7) is 1.89. The van der Waals surface area contributed by atoms with Crippen LogP contribution in [0.5, 0.6) is 0 Å². The number of nitrogens with zero attached hydrogens (tertiary/aromatic N) is 1. The van der Waals surface area contributed by atoms with E-state index in [9.17, 15) is 0 Å². The number of hydrogen-bond acceptors (Lipinski definition) is 3. The van der Waals surface area contributed by atoms with Gasteiger partial charge in [-0.15, -0.1) is 0 Å². The molecule has 214 valence electrons. The van der Waals surface area contributed by atoms with Gasteiger partial charge in [-0.3, -0.25) is 0 Å². The number of hydrogen-bond donors (Lipinski definition) is 2. The van der Waals surface area contributed by atoms with Gasteiger partial charge in [-0.2, -0.15) is 0 Å². The van der Waals surface area contributed by atoms with Crippen molar-refractivity contribution in [2.24, 2.45) is 0 Å². The lowest BCUT2D eigenvalue weighted by Crippen LogP contribution is -3.00. The molecule has 0 saturated carbocycles. The van der Waals surface area contributed by atoms with Crippen molar-refractivity contribution in [2.45, 2.75) is 32.2 Å². The van der Waals surface area contributed by atoms with Crippen molar-refractivity contribution in [3.63, 3.8) is 0 Å². The second-order valence-electron chi connectivity index (χ2n) is 11.1. The third kappa shape index (κ3) is 6.21.